The molecule has 2 nitrogen and oxygen atoms in total. The Hall–Kier alpha value is -1.57. The molecule has 0 saturated carbocycles. The fourth-order valence-electron chi connectivity index (χ4n) is 2.08. The Morgan fingerprint density at radius 3 is 2.62 bits per heavy atom. The molecule has 2 rings (SSSR count). The number of hydrogen-bond donors (Lipinski definition) is 0. The topological polar surface area (TPSA) is 20.3 Å². The zero-order chi connectivity index (χ0) is 11.4. The highest BCUT2D eigenvalue weighted by Gasteiger charge is 2.16. The van der Waals surface area contributed by atoms with Crippen LogP contribution in [0, 0.1) is 0 Å². The van der Waals surface area contributed by atoms with Crippen molar-refractivity contribution in [3.8, 4) is 0 Å². The molecule has 0 heterocycles. The van der Waals surface area contributed by atoms with E-state index in [4.69, 9.17) is 0 Å². The molecule has 1 amide bonds. The van der Waals surface area contributed by atoms with Crippen LogP contribution in [0.4, 0.5) is 0 Å². The molecule has 16 heavy (non-hydrogen) atoms. The van der Waals surface area contributed by atoms with Gasteiger partial charge in [0.1, 0.15) is 0 Å². The molecule has 1 aliphatic carbocycles. The lowest BCUT2D eigenvalue weighted by molar-refractivity contribution is -0.127. The predicted octanol–water partition coefficient (Wildman–Crippen LogP) is 3.10. The molecule has 0 fully saturated rings. The second kappa shape index (κ2) is 4.97. The summed E-state index contributed by atoms with van der Waals surface area (Å²) in [5, 5.41) is 0. The van der Waals surface area contributed by atoms with Crippen molar-refractivity contribution >= 4 is 5.91 Å². The van der Waals surface area contributed by atoms with Gasteiger partial charge in [0.2, 0.25) is 5.91 Å². The molecular formula is C14H17NO. The quantitative estimate of drug-likeness (QED) is 0.758. The van der Waals surface area contributed by atoms with Crippen LogP contribution in [0.3, 0.4) is 0 Å². The van der Waals surface area contributed by atoms with E-state index in [1.54, 1.807) is 6.92 Å². The van der Waals surface area contributed by atoms with Gasteiger partial charge in [-0.2, -0.15) is 0 Å². The maximum atomic E-state index is 11.6. The number of nitrogens with zero attached hydrogens (tertiary/aromatic N) is 1. The van der Waals surface area contributed by atoms with Crippen molar-refractivity contribution in [1.82, 2.24) is 4.90 Å². The molecular weight excluding hydrogens is 198 g/mol. The zero-order valence-electron chi connectivity index (χ0n) is 9.65. The number of amides is 1. The van der Waals surface area contributed by atoms with Gasteiger partial charge in [0.05, 0.1) is 6.54 Å². The van der Waals surface area contributed by atoms with E-state index in [0.717, 1.165) is 12.8 Å². The molecule has 0 aromatic heterocycles. The smallest absolute Gasteiger partial charge is 0.223 e. The van der Waals surface area contributed by atoms with Gasteiger partial charge < -0.3 is 4.90 Å². The summed E-state index contributed by atoms with van der Waals surface area (Å²) in [7, 11) is 0. The van der Waals surface area contributed by atoms with Crippen LogP contribution >= 0.6 is 0 Å². The van der Waals surface area contributed by atoms with Gasteiger partial charge in [0.25, 0.3) is 0 Å². The van der Waals surface area contributed by atoms with E-state index in [1.807, 2.05) is 23.1 Å². The molecule has 0 bridgehead atoms. The van der Waals surface area contributed by atoms with Gasteiger partial charge in [0, 0.05) is 12.6 Å². The molecule has 1 aromatic carbocycles. The number of allylic oxidation sites excluding steroid dienone is 2. The second-order valence-corrected chi connectivity index (χ2v) is 4.18. The van der Waals surface area contributed by atoms with Gasteiger partial charge in [-0.05, 0) is 24.8 Å². The average Bonchev–Trinajstić information content (AvgIpc) is 2.80. The van der Waals surface area contributed by atoms with Crippen LogP contribution in [0.1, 0.15) is 31.7 Å². The van der Waals surface area contributed by atoms with Crippen molar-refractivity contribution in [2.45, 2.75) is 32.7 Å². The first-order valence-corrected chi connectivity index (χ1v) is 5.78. The van der Waals surface area contributed by atoms with Crippen molar-refractivity contribution in [3.05, 3.63) is 47.7 Å². The molecule has 0 saturated heterocycles. The van der Waals surface area contributed by atoms with Gasteiger partial charge in [-0.15, -0.1) is 0 Å². The van der Waals surface area contributed by atoms with Crippen LogP contribution in [0.2, 0.25) is 0 Å². The average molecular weight is 215 g/mol. The van der Waals surface area contributed by atoms with E-state index >= 15 is 0 Å². The van der Waals surface area contributed by atoms with E-state index in [0.29, 0.717) is 6.54 Å². The summed E-state index contributed by atoms with van der Waals surface area (Å²) in [6.45, 7) is 2.34. The van der Waals surface area contributed by atoms with Gasteiger partial charge in [0.15, 0.2) is 0 Å². The number of carbonyl (C=O) groups is 1. The summed E-state index contributed by atoms with van der Waals surface area (Å²) in [4.78, 5) is 13.5. The molecule has 0 atom stereocenters. The molecule has 1 aliphatic rings. The van der Waals surface area contributed by atoms with E-state index < -0.39 is 0 Å². The maximum absolute atomic E-state index is 11.6. The summed E-state index contributed by atoms with van der Waals surface area (Å²) in [5.74, 6) is 0.136. The standard InChI is InChI=1S/C14H17NO/c1-12(16)15(14-9-5-6-10-14)11-13-7-3-2-4-8-13/h2-4,7-9H,5-6,10-11H2,1H3. The Balaban J connectivity index is 2.12. The minimum absolute atomic E-state index is 0.136. The van der Waals surface area contributed by atoms with Crippen LogP contribution in [0.15, 0.2) is 42.1 Å². The number of hydrogen-bond acceptors (Lipinski definition) is 1. The first kappa shape index (κ1) is 10.9. The van der Waals surface area contributed by atoms with Crippen LogP contribution in [0.25, 0.3) is 0 Å². The van der Waals surface area contributed by atoms with Crippen molar-refractivity contribution < 1.29 is 4.79 Å². The van der Waals surface area contributed by atoms with Gasteiger partial charge in [-0.1, -0.05) is 36.4 Å². The Labute approximate surface area is 96.6 Å². The van der Waals surface area contributed by atoms with Crippen molar-refractivity contribution in [3.63, 3.8) is 0 Å². The molecule has 0 unspecified atom stereocenters. The maximum Gasteiger partial charge on any atom is 0.223 e. The van der Waals surface area contributed by atoms with E-state index in [-0.39, 0.29) is 5.91 Å². The first-order valence-electron chi connectivity index (χ1n) is 5.78. The highest BCUT2D eigenvalue weighted by molar-refractivity contribution is 5.75. The molecule has 0 radical (unpaired) electrons. The van der Waals surface area contributed by atoms with Gasteiger partial charge in [-0.25, -0.2) is 0 Å². The Morgan fingerprint density at radius 2 is 2.06 bits per heavy atom. The summed E-state index contributed by atoms with van der Waals surface area (Å²) in [6, 6.07) is 10.1. The van der Waals surface area contributed by atoms with E-state index in [2.05, 4.69) is 18.2 Å². The van der Waals surface area contributed by atoms with Crippen molar-refractivity contribution in [2.75, 3.05) is 0 Å². The van der Waals surface area contributed by atoms with Crippen molar-refractivity contribution in [1.29, 1.82) is 0 Å². The lowest BCUT2D eigenvalue weighted by atomic mass is 10.2. The third kappa shape index (κ3) is 2.51. The number of carbonyl (C=O) groups excluding carboxylic acids is 1. The third-order valence-corrected chi connectivity index (χ3v) is 2.93. The highest BCUT2D eigenvalue weighted by atomic mass is 16.2. The van der Waals surface area contributed by atoms with Crippen LogP contribution in [-0.2, 0) is 11.3 Å². The number of rotatable bonds is 3. The lowest BCUT2D eigenvalue weighted by Gasteiger charge is -2.22. The summed E-state index contributed by atoms with van der Waals surface area (Å²) in [5.41, 5.74) is 2.38. The first-order chi connectivity index (χ1) is 7.77. The van der Waals surface area contributed by atoms with Crippen LogP contribution in [0.5, 0.6) is 0 Å². The summed E-state index contributed by atoms with van der Waals surface area (Å²) >= 11 is 0. The Kier molecular flexibility index (Phi) is 3.40. The molecule has 0 aliphatic heterocycles. The largest absolute Gasteiger partial charge is 0.312 e. The monoisotopic (exact) mass is 215 g/mol. The number of benzene rings is 1. The highest BCUT2D eigenvalue weighted by Crippen LogP contribution is 2.23. The summed E-state index contributed by atoms with van der Waals surface area (Å²) < 4.78 is 0. The second-order valence-electron chi connectivity index (χ2n) is 4.18. The minimum atomic E-state index is 0.136. The lowest BCUT2D eigenvalue weighted by Crippen LogP contribution is -2.26. The van der Waals surface area contributed by atoms with Gasteiger partial charge >= 0.3 is 0 Å². The van der Waals surface area contributed by atoms with Crippen molar-refractivity contribution in [2.24, 2.45) is 0 Å². The van der Waals surface area contributed by atoms with Crippen LogP contribution < -0.4 is 0 Å². The molecule has 1 aromatic rings. The third-order valence-electron chi connectivity index (χ3n) is 2.93. The fourth-order valence-corrected chi connectivity index (χ4v) is 2.08. The van der Waals surface area contributed by atoms with E-state index in [1.165, 1.54) is 17.7 Å². The molecule has 0 spiro atoms. The summed E-state index contributed by atoms with van der Waals surface area (Å²) in [6.07, 6.45) is 5.50. The van der Waals surface area contributed by atoms with Gasteiger partial charge in [-0.3, -0.25) is 4.79 Å². The zero-order valence-corrected chi connectivity index (χ0v) is 9.65. The van der Waals surface area contributed by atoms with E-state index in [9.17, 15) is 4.79 Å². The normalized spacial score (nSPS) is 14.7. The SMILES string of the molecule is CC(=O)N(Cc1ccccc1)C1=CCCC1. The molecule has 84 valence electrons. The fraction of sp³-hybridized carbons (Fsp3) is 0.357. The van der Waals surface area contributed by atoms with Crippen LogP contribution in [-0.4, -0.2) is 10.8 Å². The predicted molar refractivity (Wildman–Crippen MR) is 64.6 cm³/mol. The minimum Gasteiger partial charge on any atom is -0.312 e. The Bertz CT molecular complexity index is 394. The Morgan fingerprint density at radius 1 is 1.31 bits per heavy atom. The molecule has 2 heteroatoms. The molecule has 0 N–H and O–H groups in total.